The zero-order valence-electron chi connectivity index (χ0n) is 15.0. The molecule has 0 aliphatic heterocycles. The van der Waals surface area contributed by atoms with Gasteiger partial charge in [-0.2, -0.15) is 0 Å². The van der Waals surface area contributed by atoms with E-state index in [0.29, 0.717) is 0 Å². The molecule has 4 rings (SSSR count). The number of nitrogens with zero attached hydrogens (tertiary/aromatic N) is 1. The van der Waals surface area contributed by atoms with Crippen molar-refractivity contribution in [3.8, 4) is 0 Å². The number of carbonyl (C=O) groups excluding carboxylic acids is 1. The van der Waals surface area contributed by atoms with Crippen LogP contribution in [-0.4, -0.2) is 16.6 Å². The summed E-state index contributed by atoms with van der Waals surface area (Å²) in [6.45, 7) is 3.86. The summed E-state index contributed by atoms with van der Waals surface area (Å²) in [6.07, 6.45) is 4.91. The van der Waals surface area contributed by atoms with Gasteiger partial charge in [0.2, 0.25) is 0 Å². The Morgan fingerprint density at radius 2 is 1.44 bits per heavy atom. The van der Waals surface area contributed by atoms with E-state index < -0.39 is 5.54 Å². The summed E-state index contributed by atoms with van der Waals surface area (Å²) in [5.74, 6) is -0.0753. The van der Waals surface area contributed by atoms with Gasteiger partial charge in [-0.25, -0.2) is 4.79 Å². The van der Waals surface area contributed by atoms with E-state index in [2.05, 4.69) is 53.1 Å². The van der Waals surface area contributed by atoms with Gasteiger partial charge in [0.1, 0.15) is 5.54 Å². The van der Waals surface area contributed by atoms with Gasteiger partial charge in [-0.15, -0.1) is 0 Å². The summed E-state index contributed by atoms with van der Waals surface area (Å²) >= 11 is 0. The Labute approximate surface area is 148 Å². The SMILES string of the molecule is CC(C)OC(=O)C1(n2c3ccccc3c3ccccc32)CCCCC1. The first kappa shape index (κ1) is 16.2. The lowest BCUT2D eigenvalue weighted by atomic mass is 9.81. The van der Waals surface area contributed by atoms with Gasteiger partial charge in [-0.3, -0.25) is 0 Å². The van der Waals surface area contributed by atoms with Crippen LogP contribution in [0, 0.1) is 0 Å². The monoisotopic (exact) mass is 335 g/mol. The number of hydrogen-bond donors (Lipinski definition) is 0. The molecule has 3 nitrogen and oxygen atoms in total. The maximum atomic E-state index is 13.3. The minimum atomic E-state index is -0.592. The fourth-order valence-corrected chi connectivity index (χ4v) is 4.36. The summed E-state index contributed by atoms with van der Waals surface area (Å²) < 4.78 is 8.03. The third kappa shape index (κ3) is 2.53. The van der Waals surface area contributed by atoms with Crippen molar-refractivity contribution in [3.63, 3.8) is 0 Å². The van der Waals surface area contributed by atoms with E-state index >= 15 is 0 Å². The van der Waals surface area contributed by atoms with E-state index in [9.17, 15) is 4.79 Å². The fourth-order valence-electron chi connectivity index (χ4n) is 4.36. The third-order valence-corrected chi connectivity index (χ3v) is 5.41. The Kier molecular flexibility index (Phi) is 4.03. The quantitative estimate of drug-likeness (QED) is 0.600. The highest BCUT2D eigenvalue weighted by Gasteiger charge is 2.44. The molecule has 0 radical (unpaired) electrons. The van der Waals surface area contributed by atoms with Gasteiger partial charge < -0.3 is 9.30 Å². The molecule has 3 aromatic rings. The van der Waals surface area contributed by atoms with Crippen molar-refractivity contribution in [1.82, 2.24) is 4.57 Å². The fraction of sp³-hybridized carbons (Fsp3) is 0.409. The van der Waals surface area contributed by atoms with E-state index in [1.807, 2.05) is 13.8 Å². The lowest BCUT2D eigenvalue weighted by molar-refractivity contribution is -0.160. The van der Waals surface area contributed by atoms with Crippen molar-refractivity contribution in [2.75, 3.05) is 0 Å². The smallest absolute Gasteiger partial charge is 0.332 e. The van der Waals surface area contributed by atoms with Crippen LogP contribution < -0.4 is 0 Å². The largest absolute Gasteiger partial charge is 0.461 e. The number of esters is 1. The Morgan fingerprint density at radius 3 is 1.96 bits per heavy atom. The molecule has 3 heteroatoms. The lowest BCUT2D eigenvalue weighted by Gasteiger charge is -2.38. The summed E-state index contributed by atoms with van der Waals surface area (Å²) in [5.41, 5.74) is 1.67. The van der Waals surface area contributed by atoms with E-state index in [1.165, 1.54) is 17.2 Å². The first-order chi connectivity index (χ1) is 12.1. The highest BCUT2D eigenvalue weighted by Crippen LogP contribution is 2.42. The van der Waals surface area contributed by atoms with Crippen molar-refractivity contribution in [1.29, 1.82) is 0 Å². The van der Waals surface area contributed by atoms with Gasteiger partial charge >= 0.3 is 5.97 Å². The molecule has 0 unspecified atom stereocenters. The minimum Gasteiger partial charge on any atom is -0.461 e. The Balaban J connectivity index is 2.02. The van der Waals surface area contributed by atoms with Crippen LogP contribution in [0.15, 0.2) is 48.5 Å². The average molecular weight is 335 g/mol. The lowest BCUT2D eigenvalue weighted by Crippen LogP contribution is -2.45. The van der Waals surface area contributed by atoms with Crippen LogP contribution in [0.3, 0.4) is 0 Å². The van der Waals surface area contributed by atoms with Gasteiger partial charge in [0.25, 0.3) is 0 Å². The molecule has 1 saturated carbocycles. The minimum absolute atomic E-state index is 0.0753. The molecule has 0 bridgehead atoms. The predicted octanol–water partition coefficient (Wildman–Crippen LogP) is 5.41. The maximum absolute atomic E-state index is 13.3. The first-order valence-electron chi connectivity index (χ1n) is 9.33. The van der Waals surface area contributed by atoms with Gasteiger partial charge in [-0.05, 0) is 38.8 Å². The van der Waals surface area contributed by atoms with Gasteiger partial charge in [0.15, 0.2) is 0 Å². The summed E-state index contributed by atoms with van der Waals surface area (Å²) in [6, 6.07) is 16.8. The highest BCUT2D eigenvalue weighted by atomic mass is 16.5. The molecular weight excluding hydrogens is 310 g/mol. The van der Waals surface area contributed by atoms with E-state index in [-0.39, 0.29) is 12.1 Å². The van der Waals surface area contributed by atoms with Gasteiger partial charge in [0.05, 0.1) is 17.1 Å². The van der Waals surface area contributed by atoms with Crippen LogP contribution in [-0.2, 0) is 15.1 Å². The number of aromatic nitrogens is 1. The standard InChI is InChI=1S/C22H25NO2/c1-16(2)25-21(24)22(14-8-3-9-15-22)23-19-12-6-4-10-17(19)18-11-5-7-13-20(18)23/h4-7,10-13,16H,3,8-9,14-15H2,1-2H3. The second-order valence-corrected chi connectivity index (χ2v) is 7.42. The van der Waals surface area contributed by atoms with Crippen LogP contribution in [0.2, 0.25) is 0 Å². The second kappa shape index (κ2) is 6.21. The average Bonchev–Trinajstić information content (AvgIpc) is 2.97. The van der Waals surface area contributed by atoms with Crippen molar-refractivity contribution in [3.05, 3.63) is 48.5 Å². The maximum Gasteiger partial charge on any atom is 0.332 e. The number of hydrogen-bond acceptors (Lipinski definition) is 2. The number of para-hydroxylation sites is 2. The number of fused-ring (bicyclic) bond motifs is 3. The van der Waals surface area contributed by atoms with E-state index in [1.54, 1.807) is 0 Å². The van der Waals surface area contributed by atoms with E-state index in [0.717, 1.165) is 36.7 Å². The molecule has 130 valence electrons. The van der Waals surface area contributed by atoms with Crippen molar-refractivity contribution < 1.29 is 9.53 Å². The van der Waals surface area contributed by atoms with Crippen LogP contribution in [0.5, 0.6) is 0 Å². The topological polar surface area (TPSA) is 31.2 Å². The second-order valence-electron chi connectivity index (χ2n) is 7.42. The molecule has 0 N–H and O–H groups in total. The Hall–Kier alpha value is -2.29. The molecule has 0 atom stereocenters. The number of carbonyl (C=O) groups is 1. The number of ether oxygens (including phenoxy) is 1. The van der Waals surface area contributed by atoms with Crippen LogP contribution in [0.25, 0.3) is 21.8 Å². The van der Waals surface area contributed by atoms with Crippen LogP contribution in [0.4, 0.5) is 0 Å². The van der Waals surface area contributed by atoms with Gasteiger partial charge in [0, 0.05) is 10.8 Å². The summed E-state index contributed by atoms with van der Waals surface area (Å²) in [7, 11) is 0. The molecule has 0 spiro atoms. The van der Waals surface area contributed by atoms with Crippen LogP contribution in [0.1, 0.15) is 46.0 Å². The zero-order valence-corrected chi connectivity index (χ0v) is 15.0. The molecule has 1 aromatic heterocycles. The van der Waals surface area contributed by atoms with Crippen LogP contribution >= 0.6 is 0 Å². The molecule has 1 heterocycles. The number of benzene rings is 2. The summed E-state index contributed by atoms with van der Waals surface area (Å²) in [5, 5.41) is 2.42. The van der Waals surface area contributed by atoms with Crippen molar-refractivity contribution in [2.24, 2.45) is 0 Å². The molecule has 1 fully saturated rings. The Bertz CT molecular complexity index is 863. The molecule has 2 aromatic carbocycles. The molecule has 25 heavy (non-hydrogen) atoms. The molecule has 1 aliphatic rings. The van der Waals surface area contributed by atoms with Gasteiger partial charge in [-0.1, -0.05) is 55.7 Å². The molecular formula is C22H25NO2. The normalized spacial score (nSPS) is 17.2. The zero-order chi connectivity index (χ0) is 17.4. The third-order valence-electron chi connectivity index (χ3n) is 5.41. The van der Waals surface area contributed by atoms with Crippen molar-refractivity contribution in [2.45, 2.75) is 57.6 Å². The number of rotatable bonds is 3. The molecule has 0 saturated heterocycles. The summed E-state index contributed by atoms with van der Waals surface area (Å²) in [4.78, 5) is 13.3. The van der Waals surface area contributed by atoms with Crippen molar-refractivity contribution >= 4 is 27.8 Å². The first-order valence-corrected chi connectivity index (χ1v) is 9.33. The molecule has 0 amide bonds. The molecule has 1 aliphatic carbocycles. The highest BCUT2D eigenvalue weighted by molar-refractivity contribution is 6.09. The van der Waals surface area contributed by atoms with E-state index in [4.69, 9.17) is 4.74 Å². The Morgan fingerprint density at radius 1 is 0.920 bits per heavy atom. The predicted molar refractivity (Wildman–Crippen MR) is 102 cm³/mol.